The Morgan fingerprint density at radius 2 is 1.77 bits per heavy atom. The largest absolute Gasteiger partial charge is 0.508 e. The molecule has 2 amide bonds. The van der Waals surface area contributed by atoms with Gasteiger partial charge in [0.2, 0.25) is 5.91 Å². The summed E-state index contributed by atoms with van der Waals surface area (Å²) < 4.78 is 0. The molecule has 0 unspecified atom stereocenters. The van der Waals surface area contributed by atoms with Gasteiger partial charge in [-0.1, -0.05) is 42.5 Å². The SMILES string of the molecule is O=C(Cc1ccccc1)N[C@@H]1C(=O)N2C(C(=O)O)=C(Cc3ccc(O)cc3)CS[C@H]12. The van der Waals surface area contributed by atoms with Gasteiger partial charge >= 0.3 is 5.97 Å². The molecular weight excluding hydrogens is 404 g/mol. The third-order valence-corrected chi connectivity index (χ3v) is 6.47. The van der Waals surface area contributed by atoms with E-state index in [2.05, 4.69) is 5.32 Å². The molecule has 2 atom stereocenters. The molecule has 0 saturated carbocycles. The Hall–Kier alpha value is -3.26. The number of hydrogen-bond donors (Lipinski definition) is 3. The molecule has 7 nitrogen and oxygen atoms in total. The summed E-state index contributed by atoms with van der Waals surface area (Å²) in [5.41, 5.74) is 2.32. The number of benzene rings is 2. The molecule has 0 aromatic heterocycles. The molecule has 3 N–H and O–H groups in total. The van der Waals surface area contributed by atoms with E-state index in [4.69, 9.17) is 0 Å². The molecule has 2 aromatic rings. The van der Waals surface area contributed by atoms with Crippen molar-refractivity contribution in [2.75, 3.05) is 5.75 Å². The van der Waals surface area contributed by atoms with Gasteiger partial charge in [-0.25, -0.2) is 4.79 Å². The number of phenols is 1. The summed E-state index contributed by atoms with van der Waals surface area (Å²) in [5, 5.41) is 21.5. The average molecular weight is 424 g/mol. The average Bonchev–Trinajstić information content (AvgIpc) is 2.74. The predicted octanol–water partition coefficient (Wildman–Crippen LogP) is 1.92. The number of aromatic hydroxyl groups is 1. The highest BCUT2D eigenvalue weighted by Gasteiger charge is 2.54. The van der Waals surface area contributed by atoms with E-state index in [1.165, 1.54) is 16.7 Å². The Morgan fingerprint density at radius 1 is 1.07 bits per heavy atom. The molecule has 1 saturated heterocycles. The van der Waals surface area contributed by atoms with E-state index in [1.54, 1.807) is 24.3 Å². The summed E-state index contributed by atoms with van der Waals surface area (Å²) in [6.45, 7) is 0. The van der Waals surface area contributed by atoms with Crippen molar-refractivity contribution >= 4 is 29.5 Å². The number of fused-ring (bicyclic) bond motifs is 1. The van der Waals surface area contributed by atoms with E-state index >= 15 is 0 Å². The predicted molar refractivity (Wildman–Crippen MR) is 112 cm³/mol. The zero-order chi connectivity index (χ0) is 21.3. The first-order valence-corrected chi connectivity index (χ1v) is 10.5. The molecule has 2 heterocycles. The van der Waals surface area contributed by atoms with E-state index in [-0.39, 0.29) is 23.8 Å². The van der Waals surface area contributed by atoms with Crippen molar-refractivity contribution in [2.45, 2.75) is 24.3 Å². The highest BCUT2D eigenvalue weighted by atomic mass is 32.2. The number of β-lactam (4-membered cyclic amide) rings is 1. The number of carboxylic acids is 1. The number of aliphatic carboxylic acids is 1. The topological polar surface area (TPSA) is 107 Å². The Kier molecular flexibility index (Phi) is 5.50. The van der Waals surface area contributed by atoms with Crippen molar-refractivity contribution in [2.24, 2.45) is 0 Å². The molecule has 154 valence electrons. The van der Waals surface area contributed by atoms with E-state index in [0.717, 1.165) is 11.1 Å². The van der Waals surface area contributed by atoms with Gasteiger partial charge < -0.3 is 15.5 Å². The van der Waals surface area contributed by atoms with Crippen LogP contribution in [0.3, 0.4) is 0 Å². The molecule has 30 heavy (non-hydrogen) atoms. The monoisotopic (exact) mass is 424 g/mol. The zero-order valence-corrected chi connectivity index (χ0v) is 16.8. The standard InChI is InChI=1S/C22H20N2O5S/c25-16-8-6-14(7-9-16)10-15-12-30-21-18(20(27)24(21)19(15)22(28)29)23-17(26)11-13-4-2-1-3-5-13/h1-9,18,21,25H,10-12H2,(H,23,26)(H,28,29)/t18-,21-/m1/s1. The van der Waals surface area contributed by atoms with Crippen LogP contribution in [0.4, 0.5) is 0 Å². The minimum Gasteiger partial charge on any atom is -0.508 e. The fraction of sp³-hybridized carbons (Fsp3) is 0.227. The van der Waals surface area contributed by atoms with Crippen molar-refractivity contribution in [3.63, 3.8) is 0 Å². The number of hydrogen-bond acceptors (Lipinski definition) is 5. The van der Waals surface area contributed by atoms with Crippen molar-refractivity contribution in [3.8, 4) is 5.75 Å². The van der Waals surface area contributed by atoms with Crippen molar-refractivity contribution < 1.29 is 24.6 Å². The Balaban J connectivity index is 1.48. The van der Waals surface area contributed by atoms with Gasteiger partial charge in [0.15, 0.2) is 0 Å². The molecule has 0 spiro atoms. The quantitative estimate of drug-likeness (QED) is 0.612. The molecule has 0 bridgehead atoms. The number of thioether (sulfide) groups is 1. The lowest BCUT2D eigenvalue weighted by atomic mass is 9.98. The van der Waals surface area contributed by atoms with Gasteiger partial charge in [-0.2, -0.15) is 0 Å². The molecule has 2 aliphatic rings. The number of carbonyl (C=O) groups is 3. The van der Waals surface area contributed by atoms with Gasteiger partial charge in [-0.15, -0.1) is 11.8 Å². The number of rotatable bonds is 6. The van der Waals surface area contributed by atoms with Crippen LogP contribution in [0.5, 0.6) is 5.75 Å². The van der Waals surface area contributed by atoms with Crippen LogP contribution in [0.25, 0.3) is 0 Å². The van der Waals surface area contributed by atoms with E-state index < -0.39 is 23.3 Å². The number of phenolic OH excluding ortho intramolecular Hbond substituents is 1. The Morgan fingerprint density at radius 3 is 2.43 bits per heavy atom. The summed E-state index contributed by atoms with van der Waals surface area (Å²) in [7, 11) is 0. The third-order valence-electron chi connectivity index (χ3n) is 5.13. The van der Waals surface area contributed by atoms with Crippen LogP contribution >= 0.6 is 11.8 Å². The molecular formula is C22H20N2O5S. The third kappa shape index (κ3) is 3.91. The number of amides is 2. The minimum absolute atomic E-state index is 0.00890. The van der Waals surface area contributed by atoms with Crippen molar-refractivity contribution in [3.05, 3.63) is 77.0 Å². The normalized spacial score (nSPS) is 20.4. The van der Waals surface area contributed by atoms with Crippen LogP contribution in [-0.4, -0.2) is 50.1 Å². The van der Waals surface area contributed by atoms with Crippen molar-refractivity contribution in [1.29, 1.82) is 0 Å². The maximum absolute atomic E-state index is 12.7. The lowest BCUT2D eigenvalue weighted by Gasteiger charge is -2.49. The first-order chi connectivity index (χ1) is 14.4. The number of carbonyl (C=O) groups excluding carboxylic acids is 2. The molecule has 0 radical (unpaired) electrons. The van der Waals surface area contributed by atoms with Gasteiger partial charge in [0.05, 0.1) is 6.42 Å². The molecule has 4 rings (SSSR count). The first-order valence-electron chi connectivity index (χ1n) is 9.45. The van der Waals surface area contributed by atoms with Gasteiger partial charge in [-0.05, 0) is 35.3 Å². The van der Waals surface area contributed by atoms with Gasteiger partial charge in [0.1, 0.15) is 22.9 Å². The van der Waals surface area contributed by atoms with E-state index in [1.807, 2.05) is 30.3 Å². The lowest BCUT2D eigenvalue weighted by molar-refractivity contribution is -0.150. The molecule has 8 heteroatoms. The van der Waals surface area contributed by atoms with Crippen LogP contribution in [0.1, 0.15) is 11.1 Å². The molecule has 0 aliphatic carbocycles. The number of nitrogens with one attached hydrogen (secondary N) is 1. The second kappa shape index (κ2) is 8.23. The maximum atomic E-state index is 12.7. The summed E-state index contributed by atoms with van der Waals surface area (Å²) in [6.07, 6.45) is 0.534. The van der Waals surface area contributed by atoms with Gasteiger partial charge in [0.25, 0.3) is 5.91 Å². The Labute approximate surface area is 177 Å². The van der Waals surface area contributed by atoms with E-state index in [0.29, 0.717) is 17.7 Å². The van der Waals surface area contributed by atoms with E-state index in [9.17, 15) is 24.6 Å². The van der Waals surface area contributed by atoms with Gasteiger partial charge in [-0.3, -0.25) is 14.5 Å². The number of carboxylic acid groups (broad SMARTS) is 1. The first kappa shape index (κ1) is 20.0. The summed E-state index contributed by atoms with van der Waals surface area (Å²) in [6, 6.07) is 15.0. The minimum atomic E-state index is -1.16. The van der Waals surface area contributed by atoms with Crippen LogP contribution < -0.4 is 5.32 Å². The summed E-state index contributed by atoms with van der Waals surface area (Å²) in [4.78, 5) is 38.3. The van der Waals surface area contributed by atoms with Crippen LogP contribution in [0.15, 0.2) is 65.9 Å². The van der Waals surface area contributed by atoms with Crippen LogP contribution in [0.2, 0.25) is 0 Å². The highest BCUT2D eigenvalue weighted by molar-refractivity contribution is 8.00. The fourth-order valence-electron chi connectivity index (χ4n) is 3.69. The number of nitrogens with zero attached hydrogens (tertiary/aromatic N) is 1. The fourth-order valence-corrected chi connectivity index (χ4v) is 5.03. The molecule has 2 aromatic carbocycles. The lowest BCUT2D eigenvalue weighted by Crippen LogP contribution is -2.70. The second-order valence-corrected chi connectivity index (χ2v) is 8.32. The zero-order valence-electron chi connectivity index (χ0n) is 15.9. The Bertz CT molecular complexity index is 1020. The van der Waals surface area contributed by atoms with Crippen LogP contribution in [-0.2, 0) is 27.2 Å². The molecule has 1 fully saturated rings. The maximum Gasteiger partial charge on any atom is 0.352 e. The highest BCUT2D eigenvalue weighted by Crippen LogP contribution is 2.41. The smallest absolute Gasteiger partial charge is 0.352 e. The summed E-state index contributed by atoms with van der Waals surface area (Å²) >= 11 is 1.44. The van der Waals surface area contributed by atoms with Crippen molar-refractivity contribution in [1.82, 2.24) is 10.2 Å². The second-order valence-electron chi connectivity index (χ2n) is 7.22. The molecule has 2 aliphatic heterocycles. The summed E-state index contributed by atoms with van der Waals surface area (Å²) in [5.74, 6) is -1.25. The van der Waals surface area contributed by atoms with Gasteiger partial charge in [0, 0.05) is 5.75 Å². The van der Waals surface area contributed by atoms with Crippen LogP contribution in [0, 0.1) is 0 Å².